The van der Waals surface area contributed by atoms with Gasteiger partial charge >= 0.3 is 5.97 Å². The second-order valence-electron chi connectivity index (χ2n) is 13.8. The van der Waals surface area contributed by atoms with Crippen LogP contribution in [0, 0.1) is 0 Å². The second kappa shape index (κ2) is 13.3. The highest BCUT2D eigenvalue weighted by Crippen LogP contribution is 2.51. The number of para-hydroxylation sites is 2. The Balaban J connectivity index is 1.98. The van der Waals surface area contributed by atoms with Crippen LogP contribution in [0.2, 0.25) is 0 Å². The minimum atomic E-state index is -0.942. The highest BCUT2D eigenvalue weighted by atomic mass is 16.5. The Kier molecular flexibility index (Phi) is 9.58. The molecule has 1 aliphatic carbocycles. The van der Waals surface area contributed by atoms with Crippen molar-refractivity contribution in [3.8, 4) is 0 Å². The van der Waals surface area contributed by atoms with E-state index in [0.717, 1.165) is 44.6 Å². The number of nitrogens with zero attached hydrogens (tertiary/aromatic N) is 1. The zero-order chi connectivity index (χ0) is 33.3. The molecule has 1 atom stereocenters. The van der Waals surface area contributed by atoms with E-state index < -0.39 is 5.54 Å². The number of esters is 1. The lowest BCUT2D eigenvalue weighted by Gasteiger charge is -2.38. The topological polar surface area (TPSA) is 50.7 Å². The normalized spacial score (nSPS) is 17.3. The van der Waals surface area contributed by atoms with Gasteiger partial charge in [0.2, 0.25) is 0 Å². The summed E-state index contributed by atoms with van der Waals surface area (Å²) in [5.74, 6) is 0.773. The van der Waals surface area contributed by atoms with E-state index in [2.05, 4.69) is 140 Å². The molecule has 1 unspecified atom stereocenters. The first kappa shape index (κ1) is 33.2. The molecule has 0 amide bonds. The maximum absolute atomic E-state index is 13.3. The average molecular weight is 615 g/mol. The molecule has 0 spiro atoms. The number of hydrogen-bond donors (Lipinski definition) is 1. The fourth-order valence-electron chi connectivity index (χ4n) is 7.05. The summed E-state index contributed by atoms with van der Waals surface area (Å²) in [6.07, 6.45) is 1.67. The largest absolute Gasteiger partial charge is 0.463 e. The van der Waals surface area contributed by atoms with Gasteiger partial charge in [0.1, 0.15) is 5.54 Å². The molecular formula is C42H50N2O2. The molecular weight excluding hydrogens is 564 g/mol. The number of aliphatic imine (C=N–C) groups is 1. The van der Waals surface area contributed by atoms with E-state index >= 15 is 0 Å². The van der Waals surface area contributed by atoms with Gasteiger partial charge in [0.15, 0.2) is 0 Å². The number of benzene rings is 4. The van der Waals surface area contributed by atoms with Crippen molar-refractivity contribution in [2.75, 3.05) is 11.9 Å². The quantitative estimate of drug-likeness (QED) is 0.143. The molecule has 0 aliphatic heterocycles. The summed E-state index contributed by atoms with van der Waals surface area (Å²) < 4.78 is 5.51. The summed E-state index contributed by atoms with van der Waals surface area (Å²) in [4.78, 5) is 19.0. The number of anilines is 1. The molecule has 4 heteroatoms. The molecule has 4 nitrogen and oxygen atoms in total. The minimum Gasteiger partial charge on any atom is -0.463 e. The van der Waals surface area contributed by atoms with Crippen LogP contribution < -0.4 is 5.32 Å². The van der Waals surface area contributed by atoms with Gasteiger partial charge in [0.05, 0.1) is 18.0 Å². The number of ether oxygens (including phenoxy) is 1. The van der Waals surface area contributed by atoms with E-state index in [0.29, 0.717) is 6.61 Å². The van der Waals surface area contributed by atoms with Gasteiger partial charge in [-0.2, -0.15) is 0 Å². The smallest absolute Gasteiger partial charge is 0.330 e. The summed E-state index contributed by atoms with van der Waals surface area (Å²) in [5.41, 5.74) is 10.0. The van der Waals surface area contributed by atoms with Crippen molar-refractivity contribution in [1.82, 2.24) is 0 Å². The summed E-state index contributed by atoms with van der Waals surface area (Å²) >= 11 is 0. The standard InChI is InChI=1S/C42H50N2O2/c1-11-46-37(45)24-29(10)42(44-40-33(27(6)7)20-15-21-34(40)28(8)9)36-23-13-17-30-16-12-22-35(38(30)36)41(42)43-39-31(25(2)3)18-14-19-32(39)26(4)5/h12-28,44H,11H2,1-10H3. The molecule has 0 bridgehead atoms. The maximum Gasteiger partial charge on any atom is 0.330 e. The Morgan fingerprint density at radius 1 is 0.761 bits per heavy atom. The van der Waals surface area contributed by atoms with Crippen LogP contribution in [0.15, 0.2) is 89.4 Å². The molecule has 1 N–H and O–H groups in total. The fourth-order valence-corrected chi connectivity index (χ4v) is 7.05. The lowest BCUT2D eigenvalue weighted by atomic mass is 9.79. The van der Waals surface area contributed by atoms with Gasteiger partial charge in [0.25, 0.3) is 0 Å². The van der Waals surface area contributed by atoms with Crippen LogP contribution in [0.25, 0.3) is 10.8 Å². The number of carbonyl (C=O) groups excluding carboxylic acids is 1. The highest BCUT2D eigenvalue weighted by Gasteiger charge is 2.48. The minimum absolute atomic E-state index is 0.279. The van der Waals surface area contributed by atoms with Gasteiger partial charge in [-0.05, 0) is 81.7 Å². The summed E-state index contributed by atoms with van der Waals surface area (Å²) in [6.45, 7) is 22.1. The second-order valence-corrected chi connectivity index (χ2v) is 13.8. The summed E-state index contributed by atoms with van der Waals surface area (Å²) in [6, 6.07) is 26.2. The number of nitrogens with one attached hydrogen (secondary N) is 1. The first-order valence-corrected chi connectivity index (χ1v) is 16.9. The SMILES string of the molecule is CCOC(=O)C=C(C)C1(Nc2c(C(C)C)cccc2C(C)C)C(=Nc2c(C(C)C)cccc2C(C)C)c2cccc3cccc1c23. The Bertz CT molecular complexity index is 1770. The molecule has 4 aromatic rings. The molecule has 240 valence electrons. The molecule has 5 rings (SSSR count). The zero-order valence-corrected chi connectivity index (χ0v) is 29.3. The lowest BCUT2D eigenvalue weighted by Crippen LogP contribution is -2.43. The van der Waals surface area contributed by atoms with E-state index in [-0.39, 0.29) is 29.6 Å². The van der Waals surface area contributed by atoms with Crippen molar-refractivity contribution >= 4 is 33.8 Å². The third-order valence-electron chi connectivity index (χ3n) is 9.38. The van der Waals surface area contributed by atoms with Gasteiger partial charge in [-0.15, -0.1) is 0 Å². The molecule has 0 heterocycles. The van der Waals surface area contributed by atoms with Crippen LogP contribution >= 0.6 is 0 Å². The predicted molar refractivity (Wildman–Crippen MR) is 195 cm³/mol. The summed E-state index contributed by atoms with van der Waals surface area (Å²) in [5, 5.41) is 6.48. The Morgan fingerprint density at radius 3 is 1.78 bits per heavy atom. The van der Waals surface area contributed by atoms with Crippen LogP contribution in [0.4, 0.5) is 11.4 Å². The molecule has 0 saturated heterocycles. The average Bonchev–Trinajstić information content (AvgIpc) is 3.27. The first-order chi connectivity index (χ1) is 21.9. The monoisotopic (exact) mass is 614 g/mol. The predicted octanol–water partition coefficient (Wildman–Crippen LogP) is 11.3. The van der Waals surface area contributed by atoms with E-state index in [1.807, 2.05) is 6.92 Å². The van der Waals surface area contributed by atoms with E-state index in [1.165, 1.54) is 22.3 Å². The van der Waals surface area contributed by atoms with Crippen molar-refractivity contribution in [3.63, 3.8) is 0 Å². The summed E-state index contributed by atoms with van der Waals surface area (Å²) in [7, 11) is 0. The Labute approximate surface area is 276 Å². The van der Waals surface area contributed by atoms with Crippen molar-refractivity contribution in [1.29, 1.82) is 0 Å². The van der Waals surface area contributed by atoms with Gasteiger partial charge in [-0.3, -0.25) is 0 Å². The maximum atomic E-state index is 13.3. The number of rotatable bonds is 10. The Hall–Kier alpha value is -4.18. The van der Waals surface area contributed by atoms with Crippen molar-refractivity contribution < 1.29 is 9.53 Å². The molecule has 0 radical (unpaired) electrons. The van der Waals surface area contributed by atoms with Gasteiger partial charge < -0.3 is 10.1 Å². The molecule has 46 heavy (non-hydrogen) atoms. The highest BCUT2D eigenvalue weighted by molar-refractivity contribution is 6.26. The van der Waals surface area contributed by atoms with Crippen molar-refractivity contribution in [3.05, 3.63) is 118 Å². The molecule has 0 aromatic heterocycles. The van der Waals surface area contributed by atoms with Crippen LogP contribution in [-0.4, -0.2) is 18.3 Å². The van der Waals surface area contributed by atoms with E-state index in [1.54, 1.807) is 6.08 Å². The van der Waals surface area contributed by atoms with Crippen molar-refractivity contribution in [2.45, 2.75) is 98.4 Å². The first-order valence-electron chi connectivity index (χ1n) is 16.9. The van der Waals surface area contributed by atoms with Gasteiger partial charge in [-0.1, -0.05) is 128 Å². The van der Waals surface area contributed by atoms with E-state index in [4.69, 9.17) is 9.73 Å². The fraction of sp³-hybridized carbons (Fsp3) is 0.381. The number of hydrogen-bond acceptors (Lipinski definition) is 4. The van der Waals surface area contributed by atoms with Crippen molar-refractivity contribution in [2.24, 2.45) is 4.99 Å². The third-order valence-corrected chi connectivity index (χ3v) is 9.38. The van der Waals surface area contributed by atoms with Gasteiger partial charge in [-0.25, -0.2) is 9.79 Å². The number of carbonyl (C=O) groups is 1. The van der Waals surface area contributed by atoms with Crippen LogP contribution in [0.5, 0.6) is 0 Å². The molecule has 0 saturated carbocycles. The third kappa shape index (κ3) is 5.79. The zero-order valence-electron chi connectivity index (χ0n) is 29.3. The van der Waals surface area contributed by atoms with Crippen LogP contribution in [0.1, 0.15) is 126 Å². The molecule has 4 aromatic carbocycles. The van der Waals surface area contributed by atoms with Crippen LogP contribution in [0.3, 0.4) is 0 Å². The lowest BCUT2D eigenvalue weighted by molar-refractivity contribution is -0.137. The molecule has 1 aliphatic rings. The van der Waals surface area contributed by atoms with Gasteiger partial charge in [0, 0.05) is 17.3 Å². The molecule has 0 fully saturated rings. The Morgan fingerprint density at radius 2 is 1.26 bits per heavy atom. The van der Waals surface area contributed by atoms with E-state index in [9.17, 15) is 4.79 Å². The van der Waals surface area contributed by atoms with Crippen LogP contribution in [-0.2, 0) is 15.1 Å².